The van der Waals surface area contributed by atoms with E-state index in [0.29, 0.717) is 0 Å². The molecule has 0 atom stereocenters. The molecule has 2 aliphatic carbocycles. The summed E-state index contributed by atoms with van der Waals surface area (Å²) in [6, 6.07) is 37.4. The van der Waals surface area contributed by atoms with Crippen LogP contribution < -0.4 is 0 Å². The minimum absolute atomic E-state index is 0.177. The molecule has 1 heteroatoms. The van der Waals surface area contributed by atoms with Crippen LogP contribution in [0.4, 0.5) is 0 Å². The van der Waals surface area contributed by atoms with E-state index in [1.165, 1.54) is 68.7 Å². The Balaban J connectivity index is 0.000000248. The van der Waals surface area contributed by atoms with E-state index >= 15 is 0 Å². The van der Waals surface area contributed by atoms with Crippen molar-refractivity contribution in [2.24, 2.45) is 0 Å². The van der Waals surface area contributed by atoms with Gasteiger partial charge in [0.2, 0.25) is 0 Å². The third-order valence-corrected chi connectivity index (χ3v) is 8.28. The Kier molecular flexibility index (Phi) is 15.7. The van der Waals surface area contributed by atoms with Crippen molar-refractivity contribution < 1.29 is 24.2 Å². The third-order valence-electron chi connectivity index (χ3n) is 8.28. The molecule has 0 fully saturated rings. The van der Waals surface area contributed by atoms with Crippen molar-refractivity contribution in [3.05, 3.63) is 155 Å². The number of hydrogen-bond acceptors (Lipinski definition) is 0. The molecule has 4 aromatic rings. The summed E-state index contributed by atoms with van der Waals surface area (Å²) < 4.78 is 3.34. The normalized spacial score (nSPS) is 12.8. The first-order valence-corrected chi connectivity index (χ1v) is 18.8. The van der Waals surface area contributed by atoms with Crippen molar-refractivity contribution in [2.75, 3.05) is 0 Å². The molecule has 48 heavy (non-hydrogen) atoms. The molecule has 0 unspecified atom stereocenters. The SMILES string of the molecule is CC(C)(C)c1c[c-]c2c(c1)-c1cc(C(C)(C)C)ccc1C2.CC(C)(C)c1cc[c-]cc1.CC(C)(C)c1cc[c-]cc1.[C-]1=CC=CC1.[CH2]=[Zr]. The van der Waals surface area contributed by atoms with Crippen molar-refractivity contribution in [2.45, 2.75) is 118 Å². The fourth-order valence-corrected chi connectivity index (χ4v) is 5.10. The minimum atomic E-state index is 0.177. The van der Waals surface area contributed by atoms with Crippen molar-refractivity contribution >= 4 is 4.21 Å². The molecule has 0 heterocycles. The molecular weight excluding hydrogens is 656 g/mol. The first kappa shape index (κ1) is 41.3. The molecule has 2 aliphatic rings. The van der Waals surface area contributed by atoms with Crippen LogP contribution in [0.1, 0.15) is 123 Å². The summed E-state index contributed by atoms with van der Waals surface area (Å²) in [6.45, 7) is 26.9. The quantitative estimate of drug-likeness (QED) is 0.140. The van der Waals surface area contributed by atoms with Gasteiger partial charge in [-0.05, 0) is 28.2 Å². The van der Waals surface area contributed by atoms with E-state index in [1.807, 2.05) is 36.4 Å². The van der Waals surface area contributed by atoms with Gasteiger partial charge in [0, 0.05) is 0 Å². The molecule has 0 N–H and O–H groups in total. The van der Waals surface area contributed by atoms with Gasteiger partial charge in [-0.15, -0.1) is 12.0 Å². The summed E-state index contributed by atoms with van der Waals surface area (Å²) in [6.07, 6.45) is 11.0. The first-order valence-electron chi connectivity index (χ1n) is 17.1. The fourth-order valence-electron chi connectivity index (χ4n) is 5.10. The maximum atomic E-state index is 3.53. The van der Waals surface area contributed by atoms with Crippen molar-refractivity contribution in [3.8, 4) is 11.1 Å². The summed E-state index contributed by atoms with van der Waals surface area (Å²) in [7, 11) is 0. The van der Waals surface area contributed by atoms with Crippen LogP contribution in [0, 0.1) is 24.3 Å². The van der Waals surface area contributed by atoms with Gasteiger partial charge in [0.25, 0.3) is 0 Å². The summed E-state index contributed by atoms with van der Waals surface area (Å²) in [5.74, 6) is 0. The van der Waals surface area contributed by atoms with Crippen LogP contribution in [0.2, 0.25) is 0 Å². The molecule has 0 aliphatic heterocycles. The molecule has 0 saturated carbocycles. The average molecular weight is 714 g/mol. The zero-order valence-corrected chi connectivity index (χ0v) is 34.3. The van der Waals surface area contributed by atoms with Gasteiger partial charge in [0.05, 0.1) is 0 Å². The average Bonchev–Trinajstić information content (AvgIpc) is 3.74. The Morgan fingerprint density at radius 2 is 1.02 bits per heavy atom. The number of hydrogen-bond donors (Lipinski definition) is 0. The molecule has 254 valence electrons. The zero-order valence-electron chi connectivity index (χ0n) is 31.9. The van der Waals surface area contributed by atoms with Gasteiger partial charge in [-0.2, -0.15) is 107 Å². The number of allylic oxidation sites excluding steroid dienone is 4. The summed E-state index contributed by atoms with van der Waals surface area (Å²) in [5.41, 5.74) is 12.0. The second-order valence-corrected chi connectivity index (χ2v) is 16.4. The molecule has 0 nitrogen and oxygen atoms in total. The van der Waals surface area contributed by atoms with Crippen LogP contribution in [0.25, 0.3) is 11.1 Å². The van der Waals surface area contributed by atoms with Gasteiger partial charge in [-0.3, -0.25) is 6.08 Å². The Morgan fingerprint density at radius 3 is 1.38 bits per heavy atom. The van der Waals surface area contributed by atoms with Gasteiger partial charge < -0.3 is 0 Å². The Bertz CT molecular complexity index is 1470. The van der Waals surface area contributed by atoms with Crippen LogP contribution in [0.3, 0.4) is 0 Å². The number of fused-ring (bicyclic) bond motifs is 3. The molecule has 0 spiro atoms. The Hall–Kier alpha value is -2.89. The Morgan fingerprint density at radius 1 is 0.562 bits per heavy atom. The second-order valence-electron chi connectivity index (χ2n) is 16.4. The fraction of sp³-hybridized carbons (Fsp3) is 0.383. The third kappa shape index (κ3) is 13.2. The van der Waals surface area contributed by atoms with Crippen LogP contribution in [0.5, 0.6) is 0 Å². The van der Waals surface area contributed by atoms with Gasteiger partial charge in [-0.25, -0.2) is 12.2 Å². The maximum absolute atomic E-state index is 3.53. The van der Waals surface area contributed by atoms with Gasteiger partial charge in [-0.1, -0.05) is 118 Å². The molecular formula is C47H58Zr-4. The number of benzene rings is 4. The predicted octanol–water partition coefficient (Wildman–Crippen LogP) is 12.5. The second kappa shape index (κ2) is 18.2. The molecule has 0 bridgehead atoms. The van der Waals surface area contributed by atoms with E-state index in [0.717, 1.165) is 12.8 Å². The predicted molar refractivity (Wildman–Crippen MR) is 208 cm³/mol. The van der Waals surface area contributed by atoms with Crippen molar-refractivity contribution in [1.29, 1.82) is 0 Å². The number of rotatable bonds is 0. The molecule has 4 aromatic carbocycles. The zero-order chi connectivity index (χ0) is 36.2. The summed E-state index contributed by atoms with van der Waals surface area (Å²) in [5, 5.41) is 0. The van der Waals surface area contributed by atoms with Crippen molar-refractivity contribution in [3.63, 3.8) is 0 Å². The van der Waals surface area contributed by atoms with Crippen LogP contribution in [-0.2, 0) is 52.3 Å². The molecule has 0 saturated heterocycles. The molecule has 6 rings (SSSR count). The molecule has 0 aromatic heterocycles. The van der Waals surface area contributed by atoms with Crippen LogP contribution >= 0.6 is 0 Å². The van der Waals surface area contributed by atoms with Gasteiger partial charge in [0.15, 0.2) is 0 Å². The van der Waals surface area contributed by atoms with Crippen LogP contribution in [-0.4, -0.2) is 4.21 Å². The topological polar surface area (TPSA) is 0 Å². The monoisotopic (exact) mass is 712 g/mol. The van der Waals surface area contributed by atoms with E-state index < -0.39 is 0 Å². The van der Waals surface area contributed by atoms with Crippen LogP contribution in [0.15, 0.2) is 97.1 Å². The van der Waals surface area contributed by atoms with Crippen molar-refractivity contribution in [1.82, 2.24) is 0 Å². The first-order chi connectivity index (χ1) is 22.4. The van der Waals surface area contributed by atoms with E-state index in [9.17, 15) is 0 Å². The van der Waals surface area contributed by atoms with E-state index in [-0.39, 0.29) is 21.7 Å². The Labute approximate surface area is 310 Å². The van der Waals surface area contributed by atoms with Gasteiger partial charge >= 0.3 is 28.4 Å². The molecule has 0 amide bonds. The van der Waals surface area contributed by atoms with E-state index in [1.54, 1.807) is 0 Å². The molecule has 0 radical (unpaired) electrons. The van der Waals surface area contributed by atoms with E-state index in [4.69, 9.17) is 0 Å². The summed E-state index contributed by atoms with van der Waals surface area (Å²) >= 11 is 1.30. The standard InChI is InChI=1S/C21H25.2C10H13.C5H5.CH2.Zr/c1-20(2,3)16-9-7-14-11-15-8-10-17(21(4,5)6)13-19(15)18(14)12-16;2*1-10(2,3)9-7-5-4-6-8-9;1-2-4-5-3-1;;/h7,9-10,12-13H,11H2,1-6H3;2*5-8H,1-3H3;1-3H,4H2;1H2;/q4*-1;;. The van der Waals surface area contributed by atoms with Gasteiger partial charge in [0.1, 0.15) is 0 Å². The van der Waals surface area contributed by atoms with E-state index in [2.05, 4.69) is 172 Å². The summed E-state index contributed by atoms with van der Waals surface area (Å²) in [4.78, 5) is 0.